The zero-order valence-corrected chi connectivity index (χ0v) is 15.8. The molecule has 2 rings (SSSR count). The normalized spacial score (nSPS) is 11.5. The van der Waals surface area contributed by atoms with Crippen LogP contribution in [0.25, 0.3) is 6.08 Å². The van der Waals surface area contributed by atoms with Crippen molar-refractivity contribution in [3.05, 3.63) is 65.9 Å². The number of ketones is 1. The van der Waals surface area contributed by atoms with Crippen LogP contribution in [-0.2, 0) is 4.79 Å². The molecule has 2 aromatic rings. The fourth-order valence-electron chi connectivity index (χ4n) is 2.58. The summed E-state index contributed by atoms with van der Waals surface area (Å²) in [5.41, 5.74) is 0.918. The number of allylic oxidation sites excluding steroid dienone is 1. The quantitative estimate of drug-likeness (QED) is 0.527. The summed E-state index contributed by atoms with van der Waals surface area (Å²) in [6.45, 7) is 9.53. The van der Waals surface area contributed by atoms with Crippen molar-refractivity contribution in [2.24, 2.45) is 0 Å². The van der Waals surface area contributed by atoms with Crippen LogP contribution < -0.4 is 14.4 Å². The van der Waals surface area contributed by atoms with Gasteiger partial charge in [0.1, 0.15) is 13.2 Å². The van der Waals surface area contributed by atoms with E-state index in [1.54, 1.807) is 6.08 Å². The molecule has 0 bridgehead atoms. The van der Waals surface area contributed by atoms with Crippen molar-refractivity contribution in [2.45, 2.75) is 20.8 Å². The highest BCUT2D eigenvalue weighted by Gasteiger charge is 2.12. The molecule has 0 aliphatic rings. The fourth-order valence-corrected chi connectivity index (χ4v) is 2.58. The Kier molecular flexibility index (Phi) is 7.90. The first-order valence-corrected chi connectivity index (χ1v) is 9.15. The van der Waals surface area contributed by atoms with Crippen LogP contribution >= 0.6 is 0 Å². The standard InChI is InChI=1S/C22H27NO3/c1-4-23(5-2)15-16-25-20-13-9-10-14-21(20)26-22(18(3)24)17-19-11-7-6-8-12-19/h6-14,17H,4-5,15-16H2,1-3H3/p+1/b22-17+. The first kappa shape index (κ1) is 19.7. The predicted molar refractivity (Wildman–Crippen MR) is 105 cm³/mol. The Bertz CT molecular complexity index is 721. The second kappa shape index (κ2) is 10.4. The zero-order valence-electron chi connectivity index (χ0n) is 15.8. The number of quaternary nitrogens is 1. The van der Waals surface area contributed by atoms with Crippen LogP contribution in [0.5, 0.6) is 11.5 Å². The summed E-state index contributed by atoms with van der Waals surface area (Å²) in [5.74, 6) is 1.37. The summed E-state index contributed by atoms with van der Waals surface area (Å²) in [7, 11) is 0. The van der Waals surface area contributed by atoms with E-state index in [2.05, 4.69) is 13.8 Å². The number of benzene rings is 2. The lowest BCUT2D eigenvalue weighted by molar-refractivity contribution is -0.896. The third kappa shape index (κ3) is 6.05. The van der Waals surface area contributed by atoms with E-state index >= 15 is 0 Å². The Labute approximate surface area is 156 Å². The van der Waals surface area contributed by atoms with Crippen LogP contribution in [0.3, 0.4) is 0 Å². The highest BCUT2D eigenvalue weighted by molar-refractivity contribution is 5.96. The van der Waals surface area contributed by atoms with E-state index < -0.39 is 0 Å². The zero-order chi connectivity index (χ0) is 18.8. The number of nitrogens with one attached hydrogen (secondary N) is 1. The van der Waals surface area contributed by atoms with Crippen LogP contribution in [0.1, 0.15) is 26.3 Å². The molecular weight excluding hydrogens is 326 g/mol. The molecule has 0 amide bonds. The molecule has 4 nitrogen and oxygen atoms in total. The van der Waals surface area contributed by atoms with Crippen LogP contribution in [0, 0.1) is 0 Å². The van der Waals surface area contributed by atoms with Gasteiger partial charge in [0, 0.05) is 6.92 Å². The topological polar surface area (TPSA) is 40.0 Å². The van der Waals surface area contributed by atoms with Crippen molar-refractivity contribution < 1.29 is 19.2 Å². The van der Waals surface area contributed by atoms with E-state index in [0.717, 1.165) is 25.2 Å². The highest BCUT2D eigenvalue weighted by atomic mass is 16.5. The average molecular weight is 354 g/mol. The number of carbonyl (C=O) groups excluding carboxylic acids is 1. The summed E-state index contributed by atoms with van der Waals surface area (Å²) < 4.78 is 11.8. The van der Waals surface area contributed by atoms with E-state index in [0.29, 0.717) is 23.9 Å². The third-order valence-electron chi connectivity index (χ3n) is 4.23. The SMILES string of the molecule is CC[NH+](CC)CCOc1ccccc1O/C(=C/c1ccccc1)C(C)=O. The molecule has 0 unspecified atom stereocenters. The van der Waals surface area contributed by atoms with Crippen molar-refractivity contribution in [2.75, 3.05) is 26.2 Å². The molecule has 0 aromatic heterocycles. The molecule has 138 valence electrons. The Morgan fingerprint density at radius 3 is 2.19 bits per heavy atom. The summed E-state index contributed by atoms with van der Waals surface area (Å²) >= 11 is 0. The molecule has 0 radical (unpaired) electrons. The van der Waals surface area contributed by atoms with E-state index in [1.807, 2.05) is 54.6 Å². The minimum absolute atomic E-state index is 0.128. The van der Waals surface area contributed by atoms with Gasteiger partial charge in [-0.05, 0) is 37.6 Å². The van der Waals surface area contributed by atoms with Crippen molar-refractivity contribution in [3.63, 3.8) is 0 Å². The lowest BCUT2D eigenvalue weighted by Gasteiger charge is -2.17. The Morgan fingerprint density at radius 1 is 0.962 bits per heavy atom. The number of carbonyl (C=O) groups is 1. The number of hydrogen-bond donors (Lipinski definition) is 1. The minimum Gasteiger partial charge on any atom is -0.484 e. The maximum absolute atomic E-state index is 12.0. The van der Waals surface area contributed by atoms with Gasteiger partial charge in [-0.2, -0.15) is 0 Å². The summed E-state index contributed by atoms with van der Waals surface area (Å²) in [6, 6.07) is 17.1. The number of likely N-dealkylation sites (N-methyl/N-ethyl adjacent to an activating group) is 1. The van der Waals surface area contributed by atoms with Crippen molar-refractivity contribution in [1.29, 1.82) is 0 Å². The Morgan fingerprint density at radius 2 is 1.58 bits per heavy atom. The predicted octanol–water partition coefficient (Wildman–Crippen LogP) is 3.00. The van der Waals surface area contributed by atoms with Gasteiger partial charge >= 0.3 is 0 Å². The summed E-state index contributed by atoms with van der Waals surface area (Å²) in [5, 5.41) is 0. The van der Waals surface area contributed by atoms with Gasteiger partial charge in [-0.1, -0.05) is 42.5 Å². The van der Waals surface area contributed by atoms with Crippen molar-refractivity contribution in [3.8, 4) is 11.5 Å². The highest BCUT2D eigenvalue weighted by Crippen LogP contribution is 2.28. The first-order valence-electron chi connectivity index (χ1n) is 9.15. The van der Waals surface area contributed by atoms with Gasteiger partial charge in [-0.3, -0.25) is 4.79 Å². The van der Waals surface area contributed by atoms with Gasteiger partial charge in [0.15, 0.2) is 23.0 Å². The molecule has 0 fully saturated rings. The van der Waals surface area contributed by atoms with Crippen LogP contribution in [0.15, 0.2) is 60.4 Å². The smallest absolute Gasteiger partial charge is 0.194 e. The Hall–Kier alpha value is -2.59. The molecule has 0 saturated heterocycles. The van der Waals surface area contributed by atoms with Crippen LogP contribution in [0.2, 0.25) is 0 Å². The maximum Gasteiger partial charge on any atom is 0.194 e. The summed E-state index contributed by atoms with van der Waals surface area (Å²) in [6.07, 6.45) is 1.75. The second-order valence-electron chi connectivity index (χ2n) is 6.08. The molecule has 1 N–H and O–H groups in total. The van der Waals surface area contributed by atoms with E-state index in [-0.39, 0.29) is 5.78 Å². The third-order valence-corrected chi connectivity index (χ3v) is 4.23. The number of ether oxygens (including phenoxy) is 2. The van der Waals surface area contributed by atoms with Gasteiger partial charge in [-0.15, -0.1) is 0 Å². The van der Waals surface area contributed by atoms with Crippen LogP contribution in [0.4, 0.5) is 0 Å². The first-order chi connectivity index (χ1) is 12.6. The average Bonchev–Trinajstić information content (AvgIpc) is 2.66. The molecule has 0 heterocycles. The van der Waals surface area contributed by atoms with Gasteiger partial charge in [0.2, 0.25) is 0 Å². The molecule has 0 aliphatic carbocycles. The van der Waals surface area contributed by atoms with Gasteiger partial charge < -0.3 is 14.4 Å². The number of para-hydroxylation sites is 2. The number of hydrogen-bond acceptors (Lipinski definition) is 3. The van der Waals surface area contributed by atoms with Gasteiger partial charge in [0.05, 0.1) is 13.1 Å². The molecule has 0 spiro atoms. The maximum atomic E-state index is 12.0. The summed E-state index contributed by atoms with van der Waals surface area (Å²) in [4.78, 5) is 13.5. The van der Waals surface area contributed by atoms with Crippen LogP contribution in [-0.4, -0.2) is 32.0 Å². The lowest BCUT2D eigenvalue weighted by atomic mass is 10.2. The number of rotatable bonds is 10. The molecule has 2 aromatic carbocycles. The molecule has 4 heteroatoms. The van der Waals surface area contributed by atoms with Gasteiger partial charge in [0.25, 0.3) is 0 Å². The van der Waals surface area contributed by atoms with Gasteiger partial charge in [-0.25, -0.2) is 0 Å². The molecule has 0 atom stereocenters. The van der Waals surface area contributed by atoms with Crippen molar-refractivity contribution in [1.82, 2.24) is 0 Å². The monoisotopic (exact) mass is 354 g/mol. The lowest BCUT2D eigenvalue weighted by Crippen LogP contribution is -3.12. The van der Waals surface area contributed by atoms with E-state index in [4.69, 9.17) is 9.47 Å². The minimum atomic E-state index is -0.128. The van der Waals surface area contributed by atoms with Crippen molar-refractivity contribution >= 4 is 11.9 Å². The molecule has 0 aliphatic heterocycles. The molecule has 26 heavy (non-hydrogen) atoms. The Balaban J connectivity index is 2.12. The largest absolute Gasteiger partial charge is 0.484 e. The van der Waals surface area contributed by atoms with E-state index in [9.17, 15) is 4.79 Å². The fraction of sp³-hybridized carbons (Fsp3) is 0.318. The molecular formula is C22H28NO3+. The van der Waals surface area contributed by atoms with E-state index in [1.165, 1.54) is 11.8 Å². The number of Topliss-reactive ketones (excluding diaryl/α,β-unsaturated/α-hetero) is 1. The second-order valence-corrected chi connectivity index (χ2v) is 6.08. The molecule has 0 saturated carbocycles.